The summed E-state index contributed by atoms with van der Waals surface area (Å²) < 4.78 is 14.5. The number of halogens is 1. The summed E-state index contributed by atoms with van der Waals surface area (Å²) in [5.41, 5.74) is 0. The summed E-state index contributed by atoms with van der Waals surface area (Å²) in [7, 11) is 0. The molecule has 1 aliphatic rings. The molecular weight excluding hydrogens is 383 g/mol. The maximum Gasteiger partial charge on any atom is 0.341 e. The van der Waals surface area contributed by atoms with Crippen LogP contribution in [-0.4, -0.2) is 63.6 Å². The lowest BCUT2D eigenvalue weighted by molar-refractivity contribution is -0.116. The summed E-state index contributed by atoms with van der Waals surface area (Å²) in [6, 6.07) is -0.562. The van der Waals surface area contributed by atoms with Gasteiger partial charge >= 0.3 is 6.03 Å². The molecule has 2 amide bonds. The molecule has 0 bridgehead atoms. The van der Waals surface area contributed by atoms with Crippen LogP contribution >= 0.6 is 11.8 Å². The summed E-state index contributed by atoms with van der Waals surface area (Å²) in [4.78, 5) is 33.5. The van der Waals surface area contributed by atoms with Gasteiger partial charge in [-0.3, -0.25) is 4.79 Å². The van der Waals surface area contributed by atoms with Crippen molar-refractivity contribution in [1.82, 2.24) is 20.5 Å². The predicted molar refractivity (Wildman–Crippen MR) is 110 cm³/mol. The first-order chi connectivity index (χ1) is 13.5. The average Bonchev–Trinajstić information content (AvgIpc) is 3.24. The number of amides is 2. The Labute approximate surface area is 169 Å². The molecule has 0 spiro atoms. The minimum atomic E-state index is -1.11. The number of urea groups is 1. The number of ketones is 1. The fourth-order valence-corrected chi connectivity index (χ4v) is 3.68. The zero-order valence-electron chi connectivity index (χ0n) is 16.5. The Bertz CT molecular complexity index is 647. The van der Waals surface area contributed by atoms with Crippen molar-refractivity contribution < 1.29 is 14.0 Å². The van der Waals surface area contributed by atoms with E-state index >= 15 is 0 Å². The van der Waals surface area contributed by atoms with Gasteiger partial charge in [0.1, 0.15) is 18.3 Å². The molecule has 1 atom stereocenters. The minimum absolute atomic E-state index is 0.0529. The van der Waals surface area contributed by atoms with Crippen LogP contribution in [0.25, 0.3) is 0 Å². The van der Waals surface area contributed by atoms with E-state index in [-0.39, 0.29) is 18.2 Å². The number of rotatable bonds is 9. The van der Waals surface area contributed by atoms with Crippen molar-refractivity contribution in [2.24, 2.45) is 10.9 Å². The largest absolute Gasteiger partial charge is 0.341 e. The number of aromatic nitrogens is 3. The fourth-order valence-electron chi connectivity index (χ4n) is 3.02. The molecule has 0 saturated carbocycles. The Hall–Kier alpha value is -1.97. The van der Waals surface area contributed by atoms with E-state index in [9.17, 15) is 14.0 Å². The number of hydrogen-bond acceptors (Lipinski definition) is 6. The van der Waals surface area contributed by atoms with E-state index in [4.69, 9.17) is 0 Å². The second-order valence-corrected chi connectivity index (χ2v) is 8.07. The number of piperidine rings is 1. The predicted octanol–water partition coefficient (Wildman–Crippen LogP) is 2.98. The van der Waals surface area contributed by atoms with Crippen molar-refractivity contribution in [3.05, 3.63) is 6.33 Å². The van der Waals surface area contributed by atoms with Crippen molar-refractivity contribution in [2.75, 3.05) is 30.3 Å². The lowest BCUT2D eigenvalue weighted by Gasteiger charge is -2.32. The Balaban J connectivity index is 1.65. The molecule has 28 heavy (non-hydrogen) atoms. The summed E-state index contributed by atoms with van der Waals surface area (Å²) in [5.74, 6) is 1.08. The van der Waals surface area contributed by atoms with Gasteiger partial charge in [0, 0.05) is 19.5 Å². The molecule has 156 valence electrons. The number of nitrogens with zero attached hydrogens (tertiary/aromatic N) is 4. The lowest BCUT2D eigenvalue weighted by atomic mass is 9.92. The third-order valence-corrected chi connectivity index (χ3v) is 5.69. The molecule has 2 heterocycles. The summed E-state index contributed by atoms with van der Waals surface area (Å²) in [5, 5.41) is 9.68. The number of alkyl halides is 1. The summed E-state index contributed by atoms with van der Waals surface area (Å²) in [6.45, 7) is 5.07. The first-order valence-electron chi connectivity index (χ1n) is 9.71. The first-order valence-corrected chi connectivity index (χ1v) is 10.7. The first kappa shape index (κ1) is 22.3. The van der Waals surface area contributed by atoms with Crippen LogP contribution in [0.4, 0.5) is 15.1 Å². The average molecular weight is 413 g/mol. The Morgan fingerprint density at radius 1 is 1.46 bits per heavy atom. The van der Waals surface area contributed by atoms with E-state index in [1.54, 1.807) is 6.92 Å². The molecule has 2 rings (SSSR count). The van der Waals surface area contributed by atoms with Crippen LogP contribution in [0, 0.1) is 5.92 Å². The number of H-pyrrole nitrogens is 1. The highest BCUT2D eigenvalue weighted by Gasteiger charge is 2.27. The topological polar surface area (TPSA) is 103 Å². The standard InChI is InChI=1S/C18H29FN6O2S/c1-3-4-5-15(26)11-28-13(2)23-18(27)20-10-16(19)14-6-8-25(9-7-14)17-21-12-22-24-17/h12,14,16H,3-11H2,1-2H3,(H,20,27)(H,21,22,24)/b23-13-. The number of unbranched alkanes of at least 4 members (excludes halogenated alkanes) is 1. The molecule has 1 fully saturated rings. The van der Waals surface area contributed by atoms with Crippen LogP contribution in [0.15, 0.2) is 11.3 Å². The van der Waals surface area contributed by atoms with Gasteiger partial charge in [0.15, 0.2) is 0 Å². The summed E-state index contributed by atoms with van der Waals surface area (Å²) in [6.07, 6.45) is 4.14. The van der Waals surface area contributed by atoms with Crippen LogP contribution in [0.5, 0.6) is 0 Å². The van der Waals surface area contributed by atoms with Crippen molar-refractivity contribution in [1.29, 1.82) is 0 Å². The van der Waals surface area contributed by atoms with E-state index in [2.05, 4.69) is 25.5 Å². The maximum atomic E-state index is 14.5. The SMILES string of the molecule is CCCCC(=O)CS/C(C)=N\C(=O)NCC(F)C1CCN(c2ncn[nH]2)CC1. The molecule has 1 aromatic heterocycles. The Kier molecular flexibility index (Phi) is 9.39. The highest BCUT2D eigenvalue weighted by Crippen LogP contribution is 2.24. The van der Waals surface area contributed by atoms with Crippen molar-refractivity contribution in [2.45, 2.75) is 52.1 Å². The molecule has 1 aliphatic heterocycles. The van der Waals surface area contributed by atoms with Crippen LogP contribution in [0.1, 0.15) is 46.0 Å². The van der Waals surface area contributed by atoms with Crippen LogP contribution in [-0.2, 0) is 4.79 Å². The molecule has 2 N–H and O–H groups in total. The van der Waals surface area contributed by atoms with Crippen molar-refractivity contribution in [3.8, 4) is 0 Å². The smallest absolute Gasteiger partial charge is 0.341 e. The van der Waals surface area contributed by atoms with Gasteiger partial charge in [-0.15, -0.1) is 11.8 Å². The number of Topliss-reactive ketones (excluding diaryl/α,β-unsaturated/α-hetero) is 1. The Morgan fingerprint density at radius 3 is 2.86 bits per heavy atom. The van der Waals surface area contributed by atoms with Gasteiger partial charge in [-0.25, -0.2) is 14.3 Å². The van der Waals surface area contributed by atoms with E-state index in [0.29, 0.717) is 49.1 Å². The van der Waals surface area contributed by atoms with Crippen molar-refractivity contribution in [3.63, 3.8) is 0 Å². The second-order valence-electron chi connectivity index (χ2n) is 6.90. The highest BCUT2D eigenvalue weighted by atomic mass is 32.2. The number of aromatic amines is 1. The number of thioether (sulfide) groups is 1. The van der Waals surface area contributed by atoms with Gasteiger partial charge in [-0.2, -0.15) is 15.1 Å². The molecule has 0 aromatic carbocycles. The number of aliphatic imine (C=N–C) groups is 1. The van der Waals surface area contributed by atoms with Gasteiger partial charge in [-0.05, 0) is 32.1 Å². The van der Waals surface area contributed by atoms with Crippen molar-refractivity contribution >= 4 is 34.6 Å². The van der Waals surface area contributed by atoms with E-state index in [0.717, 1.165) is 12.8 Å². The zero-order valence-corrected chi connectivity index (χ0v) is 17.3. The normalized spacial score (nSPS) is 16.8. The van der Waals surface area contributed by atoms with Crippen LogP contribution in [0.2, 0.25) is 0 Å². The molecular formula is C18H29FN6O2S. The number of carbonyl (C=O) groups excluding carboxylic acids is 2. The van der Waals surface area contributed by atoms with Crippen LogP contribution < -0.4 is 10.2 Å². The highest BCUT2D eigenvalue weighted by molar-refractivity contribution is 8.14. The fraction of sp³-hybridized carbons (Fsp3) is 0.722. The van der Waals surface area contributed by atoms with E-state index in [1.807, 2.05) is 11.8 Å². The van der Waals surface area contributed by atoms with Gasteiger partial charge in [0.05, 0.1) is 17.3 Å². The zero-order chi connectivity index (χ0) is 20.4. The van der Waals surface area contributed by atoms with E-state index in [1.165, 1.54) is 18.1 Å². The molecule has 0 radical (unpaired) electrons. The quantitative estimate of drug-likeness (QED) is 0.477. The van der Waals surface area contributed by atoms with Gasteiger partial charge < -0.3 is 10.2 Å². The molecule has 1 unspecified atom stereocenters. The molecule has 1 saturated heterocycles. The number of nitrogens with one attached hydrogen (secondary N) is 2. The third kappa shape index (κ3) is 7.57. The third-order valence-electron chi connectivity index (χ3n) is 4.71. The van der Waals surface area contributed by atoms with Gasteiger partial charge in [0.25, 0.3) is 0 Å². The molecule has 10 heteroatoms. The van der Waals surface area contributed by atoms with E-state index < -0.39 is 12.2 Å². The van der Waals surface area contributed by atoms with Gasteiger partial charge in [0.2, 0.25) is 5.95 Å². The monoisotopic (exact) mass is 412 g/mol. The molecule has 1 aromatic rings. The molecule has 0 aliphatic carbocycles. The number of hydrogen-bond donors (Lipinski definition) is 2. The molecule has 8 nitrogen and oxygen atoms in total. The Morgan fingerprint density at radius 2 is 2.21 bits per heavy atom. The second kappa shape index (κ2) is 11.8. The lowest BCUT2D eigenvalue weighted by Crippen LogP contribution is -2.40. The number of carbonyl (C=O) groups is 2. The van der Waals surface area contributed by atoms with Crippen LogP contribution in [0.3, 0.4) is 0 Å². The minimum Gasteiger partial charge on any atom is -0.341 e. The maximum absolute atomic E-state index is 14.5. The van der Waals surface area contributed by atoms with Gasteiger partial charge in [-0.1, -0.05) is 13.3 Å². The number of anilines is 1. The summed E-state index contributed by atoms with van der Waals surface area (Å²) >= 11 is 1.25.